The molecule has 3 atom stereocenters. The highest BCUT2D eigenvalue weighted by Crippen LogP contribution is 2.57. The second-order valence-electron chi connectivity index (χ2n) is 7.68. The fourth-order valence-corrected chi connectivity index (χ4v) is 4.48. The summed E-state index contributed by atoms with van der Waals surface area (Å²) in [5, 5.41) is 7.14. The number of rotatable bonds is 7. The third kappa shape index (κ3) is 4.83. The fourth-order valence-electron chi connectivity index (χ4n) is 4.48. The Hall–Kier alpha value is -0.120. The van der Waals surface area contributed by atoms with Crippen LogP contribution >= 0.6 is 24.0 Å². The van der Waals surface area contributed by atoms with Gasteiger partial charge in [0.2, 0.25) is 0 Å². The number of morpholine rings is 1. The number of halogens is 1. The molecule has 26 heavy (non-hydrogen) atoms. The van der Waals surface area contributed by atoms with Crippen molar-refractivity contribution >= 4 is 29.9 Å². The number of nitrogens with zero attached hydrogens (tertiary/aromatic N) is 2. The van der Waals surface area contributed by atoms with Gasteiger partial charge in [0, 0.05) is 43.7 Å². The van der Waals surface area contributed by atoms with Crippen LogP contribution in [-0.4, -0.2) is 75.0 Å². The van der Waals surface area contributed by atoms with Gasteiger partial charge >= 0.3 is 0 Å². The lowest BCUT2D eigenvalue weighted by Gasteiger charge is -2.61. The van der Waals surface area contributed by atoms with Crippen molar-refractivity contribution in [2.75, 3.05) is 46.0 Å². The zero-order chi connectivity index (χ0) is 17.7. The molecule has 1 aliphatic heterocycles. The summed E-state index contributed by atoms with van der Waals surface area (Å²) in [6, 6.07) is 0.962. The van der Waals surface area contributed by atoms with Gasteiger partial charge in [-0.15, -0.1) is 24.0 Å². The lowest BCUT2D eigenvalue weighted by molar-refractivity contribution is -0.168. The van der Waals surface area contributed by atoms with Crippen molar-refractivity contribution in [1.29, 1.82) is 0 Å². The maximum atomic E-state index is 5.97. The minimum atomic E-state index is 0. The van der Waals surface area contributed by atoms with E-state index in [-0.39, 0.29) is 24.0 Å². The van der Waals surface area contributed by atoms with Gasteiger partial charge in [-0.2, -0.15) is 0 Å². The van der Waals surface area contributed by atoms with Crippen LogP contribution in [0.2, 0.25) is 0 Å². The highest BCUT2D eigenvalue weighted by atomic mass is 127. The Morgan fingerprint density at radius 3 is 2.62 bits per heavy atom. The van der Waals surface area contributed by atoms with E-state index in [1.54, 1.807) is 0 Å². The van der Waals surface area contributed by atoms with Crippen molar-refractivity contribution in [3.63, 3.8) is 0 Å². The lowest BCUT2D eigenvalue weighted by atomic mass is 9.51. The Kier molecular flexibility index (Phi) is 8.90. The van der Waals surface area contributed by atoms with Gasteiger partial charge in [0.1, 0.15) is 0 Å². The number of hydrogen-bond acceptors (Lipinski definition) is 4. The number of hydrogen-bond donors (Lipinski definition) is 2. The monoisotopic (exact) mass is 480 g/mol. The molecule has 2 N–H and O–H groups in total. The Labute approximate surface area is 175 Å². The van der Waals surface area contributed by atoms with Crippen LogP contribution in [-0.2, 0) is 9.47 Å². The summed E-state index contributed by atoms with van der Waals surface area (Å²) in [5.74, 6) is 0.967. The van der Waals surface area contributed by atoms with E-state index in [1.807, 2.05) is 0 Å². The molecule has 3 rings (SSSR count). The molecule has 1 spiro atoms. The van der Waals surface area contributed by atoms with Crippen molar-refractivity contribution in [2.24, 2.45) is 10.4 Å². The van der Waals surface area contributed by atoms with Gasteiger partial charge in [0.05, 0.1) is 25.9 Å². The van der Waals surface area contributed by atoms with E-state index < -0.39 is 0 Å². The van der Waals surface area contributed by atoms with E-state index in [4.69, 9.17) is 14.5 Å². The standard InChI is InChI=1S/C19H36N4O2.HI/c1-4-20-18(21-14-15(3)23-9-11-24-12-10-23)22-16-13-17(25-5-2)19(16)7-6-8-19;/h15-17H,4-14H2,1-3H3,(H2,20,21,22);1H. The molecule has 0 aromatic carbocycles. The Morgan fingerprint density at radius 2 is 2.04 bits per heavy atom. The van der Waals surface area contributed by atoms with Crippen molar-refractivity contribution in [2.45, 2.75) is 64.6 Å². The van der Waals surface area contributed by atoms with Gasteiger partial charge in [0.15, 0.2) is 5.96 Å². The molecular formula is C19H37IN4O2. The van der Waals surface area contributed by atoms with E-state index in [1.165, 1.54) is 19.3 Å². The molecule has 6 nitrogen and oxygen atoms in total. The average Bonchev–Trinajstić information content (AvgIpc) is 2.57. The Morgan fingerprint density at radius 1 is 1.31 bits per heavy atom. The normalized spacial score (nSPS) is 29.3. The molecule has 3 unspecified atom stereocenters. The molecule has 0 radical (unpaired) electrons. The van der Waals surface area contributed by atoms with Gasteiger partial charge in [-0.05, 0) is 40.0 Å². The number of nitrogens with one attached hydrogen (secondary N) is 2. The Bertz CT molecular complexity index is 453. The van der Waals surface area contributed by atoms with Gasteiger partial charge in [-0.25, -0.2) is 0 Å². The first-order chi connectivity index (χ1) is 12.2. The van der Waals surface area contributed by atoms with E-state index in [0.29, 0.717) is 23.6 Å². The van der Waals surface area contributed by atoms with Crippen LogP contribution in [0, 0.1) is 5.41 Å². The van der Waals surface area contributed by atoms with Crippen molar-refractivity contribution in [3.05, 3.63) is 0 Å². The molecule has 0 bridgehead atoms. The quantitative estimate of drug-likeness (QED) is 0.333. The molecule has 1 heterocycles. The van der Waals surface area contributed by atoms with Gasteiger partial charge < -0.3 is 20.1 Å². The molecule has 2 saturated carbocycles. The maximum Gasteiger partial charge on any atom is 0.191 e. The van der Waals surface area contributed by atoms with E-state index >= 15 is 0 Å². The minimum absolute atomic E-state index is 0. The van der Waals surface area contributed by atoms with Crippen LogP contribution in [0.4, 0.5) is 0 Å². The summed E-state index contributed by atoms with van der Waals surface area (Å²) < 4.78 is 11.4. The van der Waals surface area contributed by atoms with Crippen LogP contribution in [0.3, 0.4) is 0 Å². The smallest absolute Gasteiger partial charge is 0.191 e. The second kappa shape index (κ2) is 10.4. The Balaban J connectivity index is 0.00000243. The summed E-state index contributed by atoms with van der Waals surface area (Å²) in [6.45, 7) is 12.8. The van der Waals surface area contributed by atoms with Gasteiger partial charge in [-0.1, -0.05) is 6.42 Å². The predicted molar refractivity (Wildman–Crippen MR) is 116 cm³/mol. The summed E-state index contributed by atoms with van der Waals surface area (Å²) in [4.78, 5) is 7.35. The summed E-state index contributed by atoms with van der Waals surface area (Å²) >= 11 is 0. The van der Waals surface area contributed by atoms with Crippen molar-refractivity contribution < 1.29 is 9.47 Å². The van der Waals surface area contributed by atoms with Gasteiger partial charge in [0.25, 0.3) is 0 Å². The van der Waals surface area contributed by atoms with E-state index in [2.05, 4.69) is 36.3 Å². The minimum Gasteiger partial charge on any atom is -0.379 e. The van der Waals surface area contributed by atoms with Gasteiger partial charge in [-0.3, -0.25) is 9.89 Å². The zero-order valence-electron chi connectivity index (χ0n) is 16.6. The molecule has 0 aromatic rings. The first kappa shape index (κ1) is 22.2. The highest BCUT2D eigenvalue weighted by Gasteiger charge is 2.59. The third-order valence-electron chi connectivity index (χ3n) is 6.28. The number of ether oxygens (including phenoxy) is 2. The van der Waals surface area contributed by atoms with E-state index in [0.717, 1.165) is 58.4 Å². The average molecular weight is 480 g/mol. The summed E-state index contributed by atoms with van der Waals surface area (Å²) in [7, 11) is 0. The molecule has 7 heteroatoms. The van der Waals surface area contributed by atoms with Crippen LogP contribution in [0.25, 0.3) is 0 Å². The molecular weight excluding hydrogens is 443 g/mol. The summed E-state index contributed by atoms with van der Waals surface area (Å²) in [6.07, 6.45) is 5.47. The lowest BCUT2D eigenvalue weighted by Crippen LogP contribution is -2.68. The molecule has 0 aromatic heterocycles. The molecule has 0 amide bonds. The largest absolute Gasteiger partial charge is 0.379 e. The molecule has 1 saturated heterocycles. The fraction of sp³-hybridized carbons (Fsp3) is 0.947. The predicted octanol–water partition coefficient (Wildman–Crippen LogP) is 2.23. The number of guanidine groups is 1. The first-order valence-electron chi connectivity index (χ1n) is 10.2. The van der Waals surface area contributed by atoms with Crippen LogP contribution in [0.15, 0.2) is 4.99 Å². The van der Waals surface area contributed by atoms with Crippen LogP contribution in [0.5, 0.6) is 0 Å². The molecule has 3 fully saturated rings. The topological polar surface area (TPSA) is 58.1 Å². The molecule has 152 valence electrons. The van der Waals surface area contributed by atoms with Crippen LogP contribution in [0.1, 0.15) is 46.5 Å². The molecule has 2 aliphatic carbocycles. The van der Waals surface area contributed by atoms with Crippen molar-refractivity contribution in [1.82, 2.24) is 15.5 Å². The van der Waals surface area contributed by atoms with Crippen LogP contribution < -0.4 is 10.6 Å². The summed E-state index contributed by atoms with van der Waals surface area (Å²) in [5.41, 5.74) is 0.363. The van der Waals surface area contributed by atoms with E-state index in [9.17, 15) is 0 Å². The third-order valence-corrected chi connectivity index (χ3v) is 6.28. The SMILES string of the molecule is CCNC(=NCC(C)N1CCOCC1)NC1CC(OCC)C12CCC2.I. The maximum absolute atomic E-state index is 5.97. The second-order valence-corrected chi connectivity index (χ2v) is 7.68. The zero-order valence-corrected chi connectivity index (χ0v) is 19.0. The molecule has 3 aliphatic rings. The highest BCUT2D eigenvalue weighted by molar-refractivity contribution is 14.0. The number of aliphatic imine (C=N–C) groups is 1. The first-order valence-corrected chi connectivity index (χ1v) is 10.2. The van der Waals surface area contributed by atoms with Crippen molar-refractivity contribution in [3.8, 4) is 0 Å².